The molecule has 2 amide bonds. The number of aromatic nitrogens is 2. The number of nitrogens with one attached hydrogen (secondary N) is 2. The van der Waals surface area contributed by atoms with Crippen molar-refractivity contribution in [1.29, 1.82) is 0 Å². The van der Waals surface area contributed by atoms with Crippen molar-refractivity contribution in [3.05, 3.63) is 42.1 Å². The van der Waals surface area contributed by atoms with Gasteiger partial charge in [-0.2, -0.15) is 4.39 Å². The van der Waals surface area contributed by atoms with Gasteiger partial charge < -0.3 is 20.4 Å². The number of piperazine rings is 1. The van der Waals surface area contributed by atoms with Crippen LogP contribution in [0.15, 0.2) is 30.6 Å². The van der Waals surface area contributed by atoms with Gasteiger partial charge in [-0.15, -0.1) is 0 Å². The maximum atomic E-state index is 13.3. The topological polar surface area (TPSA) is 90.5 Å². The highest BCUT2D eigenvalue weighted by molar-refractivity contribution is 6.00. The highest BCUT2D eigenvalue weighted by Crippen LogP contribution is 2.28. The number of halogens is 1. The van der Waals surface area contributed by atoms with Crippen molar-refractivity contribution < 1.29 is 14.0 Å². The molecule has 1 aromatic heterocycles. The van der Waals surface area contributed by atoms with Crippen molar-refractivity contribution in [3.8, 4) is 0 Å². The summed E-state index contributed by atoms with van der Waals surface area (Å²) >= 11 is 0. The second-order valence-corrected chi connectivity index (χ2v) is 7.04. The predicted octanol–water partition coefficient (Wildman–Crippen LogP) is 1.72. The molecule has 1 saturated heterocycles. The molecule has 0 spiro atoms. The van der Waals surface area contributed by atoms with Gasteiger partial charge in [0.05, 0.1) is 11.4 Å². The van der Waals surface area contributed by atoms with Crippen LogP contribution in [-0.2, 0) is 4.79 Å². The molecule has 2 N–H and O–H groups in total. The van der Waals surface area contributed by atoms with Crippen molar-refractivity contribution in [3.63, 3.8) is 0 Å². The van der Waals surface area contributed by atoms with Crippen LogP contribution in [0.5, 0.6) is 0 Å². The summed E-state index contributed by atoms with van der Waals surface area (Å²) in [6.07, 6.45) is 1.58. The minimum Gasteiger partial charge on any atom is -0.380 e. The number of rotatable bonds is 2. The number of fused-ring (bicyclic) bond motifs is 1. The van der Waals surface area contributed by atoms with Crippen molar-refractivity contribution in [2.45, 2.75) is 19.4 Å². The van der Waals surface area contributed by atoms with Gasteiger partial charge in [0.2, 0.25) is 11.9 Å². The van der Waals surface area contributed by atoms with Gasteiger partial charge >= 0.3 is 0 Å². The molecule has 0 aliphatic carbocycles. The molecule has 9 heteroatoms. The fourth-order valence-corrected chi connectivity index (χ4v) is 3.52. The largest absolute Gasteiger partial charge is 0.380 e. The number of anilines is 3. The molecule has 4 rings (SSSR count). The molecule has 8 nitrogen and oxygen atoms in total. The van der Waals surface area contributed by atoms with Crippen molar-refractivity contribution in [2.75, 3.05) is 41.7 Å². The molecule has 2 aromatic rings. The fraction of sp³-hybridized carbons (Fsp3) is 0.368. The second kappa shape index (κ2) is 7.41. The molecule has 1 aromatic carbocycles. The Hall–Kier alpha value is -3.23. The van der Waals surface area contributed by atoms with Crippen LogP contribution in [0.1, 0.15) is 23.7 Å². The van der Waals surface area contributed by atoms with Gasteiger partial charge in [0.15, 0.2) is 0 Å². The molecule has 1 fully saturated rings. The zero-order chi connectivity index (χ0) is 19.7. The van der Waals surface area contributed by atoms with E-state index in [1.54, 1.807) is 23.1 Å². The lowest BCUT2D eigenvalue weighted by Gasteiger charge is -2.35. The van der Waals surface area contributed by atoms with E-state index in [1.807, 2.05) is 11.8 Å². The Bertz CT molecular complexity index is 913. The van der Waals surface area contributed by atoms with Gasteiger partial charge in [0, 0.05) is 50.3 Å². The molecule has 1 unspecified atom stereocenters. The van der Waals surface area contributed by atoms with E-state index in [-0.39, 0.29) is 17.9 Å². The third-order valence-electron chi connectivity index (χ3n) is 4.94. The average molecular weight is 384 g/mol. The van der Waals surface area contributed by atoms with Crippen LogP contribution in [0.3, 0.4) is 0 Å². The third-order valence-corrected chi connectivity index (χ3v) is 4.94. The Morgan fingerprint density at radius 1 is 1.14 bits per heavy atom. The molecular weight excluding hydrogens is 363 g/mol. The lowest BCUT2D eigenvalue weighted by atomic mass is 10.1. The SMILES string of the molecule is CC1CC(=O)Nc2ccc(C(=O)N3CCN(c4cc(F)ncn4)CC3)cc2N1. The van der Waals surface area contributed by atoms with E-state index in [0.717, 1.165) is 5.69 Å². The summed E-state index contributed by atoms with van der Waals surface area (Å²) in [5, 5.41) is 6.12. The highest BCUT2D eigenvalue weighted by atomic mass is 19.1. The van der Waals surface area contributed by atoms with Crippen molar-refractivity contribution in [2.24, 2.45) is 0 Å². The highest BCUT2D eigenvalue weighted by Gasteiger charge is 2.25. The standard InChI is InChI=1S/C19H21FN6O2/c1-12-8-18(27)24-14-3-2-13(9-15(14)23-12)19(28)26-6-4-25(5-7-26)17-10-16(20)21-11-22-17/h2-3,9-12,23H,4-8H2,1H3,(H,24,27). The van der Waals surface area contributed by atoms with E-state index in [9.17, 15) is 14.0 Å². The third kappa shape index (κ3) is 3.73. The minimum absolute atomic E-state index is 0.0107. The van der Waals surface area contributed by atoms with Crippen LogP contribution in [0.2, 0.25) is 0 Å². The van der Waals surface area contributed by atoms with E-state index in [4.69, 9.17) is 0 Å². The molecule has 0 saturated carbocycles. The first-order chi connectivity index (χ1) is 13.5. The van der Waals surface area contributed by atoms with E-state index < -0.39 is 5.95 Å². The first-order valence-electron chi connectivity index (χ1n) is 9.22. The lowest BCUT2D eigenvalue weighted by Crippen LogP contribution is -2.49. The van der Waals surface area contributed by atoms with Crippen LogP contribution in [0.4, 0.5) is 21.6 Å². The summed E-state index contributed by atoms with van der Waals surface area (Å²) in [6, 6.07) is 6.55. The number of nitrogens with zero attached hydrogens (tertiary/aromatic N) is 4. The Labute approximate surface area is 161 Å². The molecule has 28 heavy (non-hydrogen) atoms. The molecule has 1 atom stereocenters. The van der Waals surface area contributed by atoms with Crippen LogP contribution in [0, 0.1) is 5.95 Å². The van der Waals surface area contributed by atoms with Gasteiger partial charge in [0.25, 0.3) is 5.91 Å². The first-order valence-corrected chi connectivity index (χ1v) is 9.22. The zero-order valence-electron chi connectivity index (χ0n) is 15.5. The summed E-state index contributed by atoms with van der Waals surface area (Å²) in [6.45, 7) is 4.10. The van der Waals surface area contributed by atoms with Crippen LogP contribution >= 0.6 is 0 Å². The molecular formula is C19H21FN6O2. The number of carbonyl (C=O) groups excluding carboxylic acids is 2. The van der Waals surface area contributed by atoms with E-state index in [0.29, 0.717) is 49.7 Å². The van der Waals surface area contributed by atoms with Crippen LogP contribution in [-0.4, -0.2) is 58.9 Å². The van der Waals surface area contributed by atoms with E-state index >= 15 is 0 Å². The normalized spacial score (nSPS) is 19.4. The zero-order valence-corrected chi connectivity index (χ0v) is 15.5. The quantitative estimate of drug-likeness (QED) is 0.767. The fourth-order valence-electron chi connectivity index (χ4n) is 3.52. The first kappa shape index (κ1) is 18.1. The minimum atomic E-state index is -0.567. The van der Waals surface area contributed by atoms with Gasteiger partial charge in [-0.05, 0) is 25.1 Å². The maximum Gasteiger partial charge on any atom is 0.254 e. The Morgan fingerprint density at radius 2 is 1.93 bits per heavy atom. The number of benzene rings is 1. The molecule has 3 heterocycles. The van der Waals surface area contributed by atoms with Gasteiger partial charge in [-0.25, -0.2) is 9.97 Å². The molecule has 2 aliphatic heterocycles. The summed E-state index contributed by atoms with van der Waals surface area (Å²) in [7, 11) is 0. The molecule has 0 bridgehead atoms. The summed E-state index contributed by atoms with van der Waals surface area (Å²) in [4.78, 5) is 36.0. The van der Waals surface area contributed by atoms with Gasteiger partial charge in [-0.1, -0.05) is 0 Å². The number of hydrogen-bond donors (Lipinski definition) is 2. The van der Waals surface area contributed by atoms with Gasteiger partial charge in [0.1, 0.15) is 12.1 Å². The molecule has 0 radical (unpaired) electrons. The van der Waals surface area contributed by atoms with Crippen molar-refractivity contribution >= 4 is 29.0 Å². The monoisotopic (exact) mass is 384 g/mol. The lowest BCUT2D eigenvalue weighted by molar-refractivity contribution is -0.116. The Morgan fingerprint density at radius 3 is 2.68 bits per heavy atom. The Balaban J connectivity index is 1.45. The maximum absolute atomic E-state index is 13.3. The number of amides is 2. The average Bonchev–Trinajstić information content (AvgIpc) is 2.83. The molecule has 2 aliphatic rings. The smallest absolute Gasteiger partial charge is 0.254 e. The second-order valence-electron chi connectivity index (χ2n) is 7.04. The van der Waals surface area contributed by atoms with Crippen molar-refractivity contribution in [1.82, 2.24) is 14.9 Å². The van der Waals surface area contributed by atoms with E-state index in [1.165, 1.54) is 12.4 Å². The van der Waals surface area contributed by atoms with Crippen LogP contribution in [0.25, 0.3) is 0 Å². The van der Waals surface area contributed by atoms with Gasteiger partial charge in [-0.3, -0.25) is 9.59 Å². The Kier molecular flexibility index (Phi) is 4.81. The predicted molar refractivity (Wildman–Crippen MR) is 103 cm³/mol. The summed E-state index contributed by atoms with van der Waals surface area (Å²) in [5.74, 6) is -0.155. The number of carbonyl (C=O) groups is 2. The molecule has 146 valence electrons. The van der Waals surface area contributed by atoms with Crippen LogP contribution < -0.4 is 15.5 Å². The summed E-state index contributed by atoms with van der Waals surface area (Å²) in [5.41, 5.74) is 2.00. The summed E-state index contributed by atoms with van der Waals surface area (Å²) < 4.78 is 13.3. The number of hydrogen-bond acceptors (Lipinski definition) is 6. The van der Waals surface area contributed by atoms with E-state index in [2.05, 4.69) is 20.6 Å².